The highest BCUT2D eigenvalue weighted by Gasteiger charge is 2.33. The maximum atomic E-state index is 12.1. The standard InChI is InChI=1S/C10H9ClF3NO2/c1-15(2)6-4-3-5-7(8(6)9(11)16)17-10(12,13)14/h3-5H,1-2H3. The lowest BCUT2D eigenvalue weighted by Crippen LogP contribution is -2.20. The van der Waals surface area contributed by atoms with E-state index >= 15 is 0 Å². The smallest absolute Gasteiger partial charge is 0.405 e. The molecule has 0 saturated carbocycles. The maximum Gasteiger partial charge on any atom is 0.573 e. The van der Waals surface area contributed by atoms with E-state index in [2.05, 4.69) is 4.74 Å². The molecule has 0 unspecified atom stereocenters. The monoisotopic (exact) mass is 267 g/mol. The zero-order valence-corrected chi connectivity index (χ0v) is 9.76. The fraction of sp³-hybridized carbons (Fsp3) is 0.300. The van der Waals surface area contributed by atoms with Crippen LogP contribution in [0.1, 0.15) is 10.4 Å². The summed E-state index contributed by atoms with van der Waals surface area (Å²) in [6, 6.07) is 3.86. The van der Waals surface area contributed by atoms with Crippen LogP contribution in [0.4, 0.5) is 18.9 Å². The van der Waals surface area contributed by atoms with E-state index in [1.165, 1.54) is 17.0 Å². The Bertz CT molecular complexity index is 432. The number of carbonyl (C=O) groups excluding carboxylic acids is 1. The van der Waals surface area contributed by atoms with E-state index in [0.717, 1.165) is 6.07 Å². The predicted octanol–water partition coefficient (Wildman–Crippen LogP) is 3.03. The number of ether oxygens (including phenoxy) is 1. The molecule has 0 bridgehead atoms. The minimum absolute atomic E-state index is 0.256. The second-order valence-electron chi connectivity index (χ2n) is 3.37. The van der Waals surface area contributed by atoms with E-state index in [1.807, 2.05) is 0 Å². The Balaban J connectivity index is 3.30. The molecule has 0 aliphatic heterocycles. The van der Waals surface area contributed by atoms with Gasteiger partial charge in [-0.15, -0.1) is 13.2 Å². The van der Waals surface area contributed by atoms with Crippen molar-refractivity contribution in [2.24, 2.45) is 0 Å². The summed E-state index contributed by atoms with van der Waals surface area (Å²) in [4.78, 5) is 12.6. The van der Waals surface area contributed by atoms with Crippen LogP contribution in [0.2, 0.25) is 0 Å². The average molecular weight is 268 g/mol. The van der Waals surface area contributed by atoms with Crippen molar-refractivity contribution in [3.63, 3.8) is 0 Å². The first kappa shape index (κ1) is 13.6. The zero-order valence-electron chi connectivity index (χ0n) is 9.01. The molecule has 0 aromatic heterocycles. The molecule has 7 heteroatoms. The Morgan fingerprint density at radius 1 is 1.35 bits per heavy atom. The van der Waals surface area contributed by atoms with Crippen LogP contribution in [0.15, 0.2) is 18.2 Å². The first-order valence-corrected chi connectivity index (χ1v) is 4.86. The van der Waals surface area contributed by atoms with Gasteiger partial charge in [0.25, 0.3) is 5.24 Å². The van der Waals surface area contributed by atoms with E-state index in [9.17, 15) is 18.0 Å². The lowest BCUT2D eigenvalue weighted by atomic mass is 10.1. The molecule has 1 aromatic carbocycles. The number of rotatable bonds is 3. The van der Waals surface area contributed by atoms with Crippen molar-refractivity contribution < 1.29 is 22.7 Å². The van der Waals surface area contributed by atoms with Crippen molar-refractivity contribution in [1.29, 1.82) is 0 Å². The first-order valence-electron chi connectivity index (χ1n) is 4.48. The summed E-state index contributed by atoms with van der Waals surface area (Å²) in [6.07, 6.45) is -4.87. The van der Waals surface area contributed by atoms with Gasteiger partial charge in [-0.2, -0.15) is 0 Å². The third kappa shape index (κ3) is 3.52. The van der Waals surface area contributed by atoms with Gasteiger partial charge in [0.15, 0.2) is 0 Å². The van der Waals surface area contributed by atoms with Crippen LogP contribution < -0.4 is 9.64 Å². The molecule has 0 aliphatic carbocycles. The normalized spacial score (nSPS) is 11.2. The Hall–Kier alpha value is -1.43. The lowest BCUT2D eigenvalue weighted by molar-refractivity contribution is -0.274. The van der Waals surface area contributed by atoms with Gasteiger partial charge >= 0.3 is 6.36 Å². The molecule has 0 spiro atoms. The summed E-state index contributed by atoms with van der Waals surface area (Å²) in [5.41, 5.74) is -0.0526. The fourth-order valence-electron chi connectivity index (χ4n) is 1.30. The van der Waals surface area contributed by atoms with Crippen molar-refractivity contribution in [2.45, 2.75) is 6.36 Å². The molecular weight excluding hydrogens is 259 g/mol. The van der Waals surface area contributed by atoms with E-state index in [0.29, 0.717) is 0 Å². The number of hydrogen-bond acceptors (Lipinski definition) is 3. The van der Waals surface area contributed by atoms with Gasteiger partial charge in [0.1, 0.15) is 5.75 Å². The zero-order chi connectivity index (χ0) is 13.2. The van der Waals surface area contributed by atoms with Gasteiger partial charge < -0.3 is 9.64 Å². The van der Waals surface area contributed by atoms with E-state index < -0.39 is 17.4 Å². The average Bonchev–Trinajstić information content (AvgIpc) is 2.14. The van der Waals surface area contributed by atoms with Gasteiger partial charge in [-0.05, 0) is 23.7 Å². The van der Waals surface area contributed by atoms with Crippen molar-refractivity contribution in [3.05, 3.63) is 23.8 Å². The van der Waals surface area contributed by atoms with Crippen molar-refractivity contribution in [2.75, 3.05) is 19.0 Å². The van der Waals surface area contributed by atoms with E-state index in [-0.39, 0.29) is 11.3 Å². The van der Waals surface area contributed by atoms with Crippen molar-refractivity contribution >= 4 is 22.5 Å². The number of anilines is 1. The van der Waals surface area contributed by atoms with Gasteiger partial charge in [0.05, 0.1) is 11.3 Å². The quantitative estimate of drug-likeness (QED) is 0.789. The predicted molar refractivity (Wildman–Crippen MR) is 57.6 cm³/mol. The lowest BCUT2D eigenvalue weighted by Gasteiger charge is -2.18. The molecule has 3 nitrogen and oxygen atoms in total. The molecule has 0 fully saturated rings. The minimum atomic E-state index is -4.87. The number of hydrogen-bond donors (Lipinski definition) is 0. The molecular formula is C10H9ClF3NO2. The Morgan fingerprint density at radius 2 is 1.94 bits per heavy atom. The molecule has 0 saturated heterocycles. The van der Waals surface area contributed by atoms with Crippen LogP contribution in [-0.2, 0) is 0 Å². The van der Waals surface area contributed by atoms with Crippen molar-refractivity contribution in [1.82, 2.24) is 0 Å². The van der Waals surface area contributed by atoms with Crippen LogP contribution >= 0.6 is 11.6 Å². The SMILES string of the molecule is CN(C)c1cccc(OC(F)(F)F)c1C(=O)Cl. The van der Waals surface area contributed by atoms with Crippen LogP contribution in [0.25, 0.3) is 0 Å². The largest absolute Gasteiger partial charge is 0.573 e. The van der Waals surface area contributed by atoms with Gasteiger partial charge in [0.2, 0.25) is 0 Å². The summed E-state index contributed by atoms with van der Waals surface area (Å²) < 4.78 is 40.1. The molecule has 0 heterocycles. The highest BCUT2D eigenvalue weighted by molar-refractivity contribution is 6.68. The summed E-state index contributed by atoms with van der Waals surface area (Å²) in [7, 11) is 3.16. The highest BCUT2D eigenvalue weighted by Crippen LogP contribution is 2.33. The molecule has 1 rings (SSSR count). The van der Waals surface area contributed by atoms with Gasteiger partial charge in [0, 0.05) is 14.1 Å². The molecule has 1 aromatic rings. The van der Waals surface area contributed by atoms with Crippen LogP contribution in [0.3, 0.4) is 0 Å². The third-order valence-corrected chi connectivity index (χ3v) is 2.10. The molecule has 0 N–H and O–H groups in total. The van der Waals surface area contributed by atoms with Crippen molar-refractivity contribution in [3.8, 4) is 5.75 Å². The minimum Gasteiger partial charge on any atom is -0.405 e. The number of halogens is 4. The van der Waals surface area contributed by atoms with Gasteiger partial charge in [-0.1, -0.05) is 6.07 Å². The molecule has 0 amide bonds. The second kappa shape index (κ2) is 4.83. The number of alkyl halides is 3. The maximum absolute atomic E-state index is 12.1. The topological polar surface area (TPSA) is 29.5 Å². The summed E-state index contributed by atoms with van der Waals surface area (Å²) >= 11 is 5.27. The summed E-state index contributed by atoms with van der Waals surface area (Å²) in [5.74, 6) is -0.608. The Labute approximate surface area is 101 Å². The summed E-state index contributed by atoms with van der Waals surface area (Å²) in [6.45, 7) is 0. The fourth-order valence-corrected chi connectivity index (χ4v) is 1.49. The molecule has 94 valence electrons. The second-order valence-corrected chi connectivity index (χ2v) is 3.71. The van der Waals surface area contributed by atoms with Crippen LogP contribution in [0.5, 0.6) is 5.75 Å². The van der Waals surface area contributed by atoms with E-state index in [4.69, 9.17) is 11.6 Å². The van der Waals surface area contributed by atoms with Gasteiger partial charge in [-0.3, -0.25) is 4.79 Å². The van der Waals surface area contributed by atoms with Crippen LogP contribution in [-0.4, -0.2) is 25.7 Å². The Morgan fingerprint density at radius 3 is 2.35 bits per heavy atom. The highest BCUT2D eigenvalue weighted by atomic mass is 35.5. The summed E-state index contributed by atoms with van der Waals surface area (Å²) in [5, 5.41) is -1.01. The number of nitrogens with zero attached hydrogens (tertiary/aromatic N) is 1. The molecule has 0 radical (unpaired) electrons. The number of carbonyl (C=O) groups is 1. The van der Waals surface area contributed by atoms with Crippen LogP contribution in [0, 0.1) is 0 Å². The Kier molecular flexibility index (Phi) is 3.87. The number of benzene rings is 1. The molecule has 0 atom stereocenters. The molecule has 0 aliphatic rings. The first-order chi connectivity index (χ1) is 7.72. The molecule has 17 heavy (non-hydrogen) atoms. The van der Waals surface area contributed by atoms with E-state index in [1.54, 1.807) is 14.1 Å². The third-order valence-electron chi connectivity index (χ3n) is 1.91. The van der Waals surface area contributed by atoms with Gasteiger partial charge in [-0.25, -0.2) is 0 Å².